The van der Waals surface area contributed by atoms with Crippen LogP contribution in [0.3, 0.4) is 0 Å². The Hall–Kier alpha value is -3.57. The van der Waals surface area contributed by atoms with E-state index in [1.807, 2.05) is 6.07 Å². The van der Waals surface area contributed by atoms with Gasteiger partial charge in [-0.15, -0.1) is 0 Å². The number of nitrogens with zero attached hydrogens (tertiary/aromatic N) is 1. The van der Waals surface area contributed by atoms with E-state index < -0.39 is 11.5 Å². The Labute approximate surface area is 165 Å². The SMILES string of the molecule is O=C(Nc1ccc(Cl)cc1)c1c(O)c2ccccc2n(-c2ccccc2)c1=O. The summed E-state index contributed by atoms with van der Waals surface area (Å²) in [4.78, 5) is 26.1. The second-order valence-corrected chi connectivity index (χ2v) is 6.61. The van der Waals surface area contributed by atoms with Crippen LogP contribution in [0.2, 0.25) is 5.02 Å². The van der Waals surface area contributed by atoms with Crippen LogP contribution in [0.15, 0.2) is 83.7 Å². The van der Waals surface area contributed by atoms with Crippen LogP contribution < -0.4 is 10.9 Å². The minimum absolute atomic E-state index is 0.322. The summed E-state index contributed by atoms with van der Waals surface area (Å²) in [5.74, 6) is -1.04. The number of aromatic nitrogens is 1. The summed E-state index contributed by atoms with van der Waals surface area (Å²) in [5, 5.41) is 14.3. The number of anilines is 1. The van der Waals surface area contributed by atoms with Gasteiger partial charge in [-0.1, -0.05) is 41.9 Å². The van der Waals surface area contributed by atoms with E-state index >= 15 is 0 Å². The van der Waals surface area contributed by atoms with Gasteiger partial charge in [-0.25, -0.2) is 0 Å². The van der Waals surface area contributed by atoms with E-state index in [0.29, 0.717) is 27.3 Å². The van der Waals surface area contributed by atoms with Crippen molar-refractivity contribution in [1.29, 1.82) is 0 Å². The molecular formula is C22H15ClN2O3. The number of fused-ring (bicyclic) bond motifs is 1. The number of hydrogen-bond donors (Lipinski definition) is 2. The van der Waals surface area contributed by atoms with Crippen LogP contribution in [-0.4, -0.2) is 15.6 Å². The molecule has 0 fully saturated rings. The van der Waals surface area contributed by atoms with Crippen molar-refractivity contribution in [3.8, 4) is 11.4 Å². The van der Waals surface area contributed by atoms with Gasteiger partial charge in [0.15, 0.2) is 0 Å². The second kappa shape index (κ2) is 7.21. The summed E-state index contributed by atoms with van der Waals surface area (Å²) < 4.78 is 1.42. The quantitative estimate of drug-likeness (QED) is 0.537. The number of carbonyl (C=O) groups excluding carboxylic acids is 1. The number of benzene rings is 3. The smallest absolute Gasteiger partial charge is 0.272 e. The lowest BCUT2D eigenvalue weighted by Gasteiger charge is -2.15. The Morgan fingerprint density at radius 3 is 2.25 bits per heavy atom. The van der Waals surface area contributed by atoms with E-state index in [1.54, 1.807) is 72.8 Å². The first kappa shape index (κ1) is 17.8. The predicted molar refractivity (Wildman–Crippen MR) is 111 cm³/mol. The summed E-state index contributed by atoms with van der Waals surface area (Å²) in [6, 6.07) is 22.4. The first-order valence-corrected chi connectivity index (χ1v) is 8.93. The van der Waals surface area contributed by atoms with Gasteiger partial charge in [-0.05, 0) is 48.5 Å². The van der Waals surface area contributed by atoms with Gasteiger partial charge in [0.05, 0.1) is 5.52 Å². The molecule has 0 saturated carbocycles. The van der Waals surface area contributed by atoms with E-state index in [-0.39, 0.29) is 11.3 Å². The summed E-state index contributed by atoms with van der Waals surface area (Å²) >= 11 is 5.86. The number of halogens is 1. The van der Waals surface area contributed by atoms with Gasteiger partial charge in [0.1, 0.15) is 11.3 Å². The third-order valence-corrected chi connectivity index (χ3v) is 4.65. The molecule has 4 rings (SSSR count). The molecule has 1 heterocycles. The average molecular weight is 391 g/mol. The van der Waals surface area contributed by atoms with Crippen molar-refractivity contribution >= 4 is 34.1 Å². The minimum Gasteiger partial charge on any atom is -0.506 e. The van der Waals surface area contributed by atoms with Crippen molar-refractivity contribution in [2.45, 2.75) is 0 Å². The van der Waals surface area contributed by atoms with Crippen molar-refractivity contribution in [3.63, 3.8) is 0 Å². The summed E-state index contributed by atoms with van der Waals surface area (Å²) in [6.07, 6.45) is 0. The monoisotopic (exact) mass is 390 g/mol. The van der Waals surface area contributed by atoms with Crippen molar-refractivity contribution in [1.82, 2.24) is 4.57 Å². The maximum absolute atomic E-state index is 13.2. The molecule has 1 aromatic heterocycles. The van der Waals surface area contributed by atoms with E-state index in [4.69, 9.17) is 11.6 Å². The normalized spacial score (nSPS) is 10.8. The third kappa shape index (κ3) is 3.12. The molecule has 0 saturated heterocycles. The topological polar surface area (TPSA) is 71.3 Å². The third-order valence-electron chi connectivity index (χ3n) is 4.40. The lowest BCUT2D eigenvalue weighted by molar-refractivity contribution is 0.102. The number of hydrogen-bond acceptors (Lipinski definition) is 3. The number of pyridine rings is 1. The van der Waals surface area contributed by atoms with E-state index in [0.717, 1.165) is 0 Å². The van der Waals surface area contributed by atoms with Crippen LogP contribution in [0, 0.1) is 0 Å². The highest BCUT2D eigenvalue weighted by atomic mass is 35.5. The number of amides is 1. The number of nitrogens with one attached hydrogen (secondary N) is 1. The summed E-state index contributed by atoms with van der Waals surface area (Å²) in [5.41, 5.74) is 0.655. The highest BCUT2D eigenvalue weighted by Crippen LogP contribution is 2.28. The Bertz CT molecular complexity index is 1230. The zero-order chi connectivity index (χ0) is 19.7. The van der Waals surface area contributed by atoms with E-state index in [1.165, 1.54) is 4.57 Å². The Balaban J connectivity index is 1.92. The van der Waals surface area contributed by atoms with Gasteiger partial charge in [0.25, 0.3) is 11.5 Å². The molecule has 0 unspecified atom stereocenters. The van der Waals surface area contributed by atoms with Gasteiger partial charge in [0.2, 0.25) is 0 Å². The molecule has 2 N–H and O–H groups in total. The minimum atomic E-state index is -0.694. The van der Waals surface area contributed by atoms with Crippen LogP contribution in [0.1, 0.15) is 10.4 Å². The van der Waals surface area contributed by atoms with Crippen LogP contribution in [-0.2, 0) is 0 Å². The number of aromatic hydroxyl groups is 1. The van der Waals surface area contributed by atoms with Crippen LogP contribution in [0.5, 0.6) is 5.75 Å². The molecule has 0 spiro atoms. The molecule has 5 nitrogen and oxygen atoms in total. The maximum atomic E-state index is 13.2. The molecule has 0 aliphatic carbocycles. The lowest BCUT2D eigenvalue weighted by atomic mass is 10.1. The Morgan fingerprint density at radius 1 is 0.893 bits per heavy atom. The van der Waals surface area contributed by atoms with Gasteiger partial charge >= 0.3 is 0 Å². The highest BCUT2D eigenvalue weighted by Gasteiger charge is 2.23. The van der Waals surface area contributed by atoms with Crippen LogP contribution in [0.25, 0.3) is 16.6 Å². The molecule has 0 bridgehead atoms. The predicted octanol–water partition coefficient (Wildman–Crippen LogP) is 4.60. The number of rotatable bonds is 3. The van der Waals surface area contributed by atoms with Gasteiger partial charge in [-0.2, -0.15) is 0 Å². The molecule has 0 aliphatic rings. The zero-order valence-electron chi connectivity index (χ0n) is 14.6. The molecule has 3 aromatic carbocycles. The van der Waals surface area contributed by atoms with Gasteiger partial charge in [0, 0.05) is 21.8 Å². The molecule has 1 amide bonds. The van der Waals surface area contributed by atoms with Crippen molar-refractivity contribution in [2.75, 3.05) is 5.32 Å². The number of para-hydroxylation sites is 2. The van der Waals surface area contributed by atoms with Gasteiger partial charge < -0.3 is 10.4 Å². The number of carbonyl (C=O) groups is 1. The van der Waals surface area contributed by atoms with E-state index in [2.05, 4.69) is 5.32 Å². The fourth-order valence-corrected chi connectivity index (χ4v) is 3.22. The first-order valence-electron chi connectivity index (χ1n) is 8.55. The molecule has 28 heavy (non-hydrogen) atoms. The Morgan fingerprint density at radius 2 is 1.54 bits per heavy atom. The fourth-order valence-electron chi connectivity index (χ4n) is 3.09. The van der Waals surface area contributed by atoms with Crippen LogP contribution in [0.4, 0.5) is 5.69 Å². The maximum Gasteiger partial charge on any atom is 0.272 e. The Kier molecular flexibility index (Phi) is 4.59. The molecule has 4 aromatic rings. The molecule has 6 heteroatoms. The largest absolute Gasteiger partial charge is 0.506 e. The molecule has 0 radical (unpaired) electrons. The van der Waals surface area contributed by atoms with Crippen LogP contribution >= 0.6 is 11.6 Å². The highest BCUT2D eigenvalue weighted by molar-refractivity contribution is 6.30. The average Bonchev–Trinajstić information content (AvgIpc) is 2.71. The lowest BCUT2D eigenvalue weighted by Crippen LogP contribution is -2.29. The van der Waals surface area contributed by atoms with Crippen molar-refractivity contribution < 1.29 is 9.90 Å². The summed E-state index contributed by atoms with van der Waals surface area (Å²) in [7, 11) is 0. The first-order chi connectivity index (χ1) is 13.6. The zero-order valence-corrected chi connectivity index (χ0v) is 15.4. The van der Waals surface area contributed by atoms with Crippen molar-refractivity contribution in [3.05, 3.63) is 99.8 Å². The van der Waals surface area contributed by atoms with E-state index in [9.17, 15) is 14.7 Å². The summed E-state index contributed by atoms with van der Waals surface area (Å²) in [6.45, 7) is 0. The van der Waals surface area contributed by atoms with Crippen molar-refractivity contribution in [2.24, 2.45) is 0 Å². The molecule has 0 aliphatic heterocycles. The molecule has 138 valence electrons. The molecule has 0 atom stereocenters. The standard InChI is InChI=1S/C22H15ClN2O3/c23-14-10-12-15(13-11-14)24-21(27)19-20(26)17-8-4-5-9-18(17)25(22(19)28)16-6-2-1-3-7-16/h1-13,26H,(H,24,27). The fraction of sp³-hybridized carbons (Fsp3) is 0. The molecular weight excluding hydrogens is 376 g/mol. The van der Waals surface area contributed by atoms with Gasteiger partial charge in [-0.3, -0.25) is 14.2 Å². The second-order valence-electron chi connectivity index (χ2n) is 6.18.